The lowest BCUT2D eigenvalue weighted by Gasteiger charge is -2.13. The van der Waals surface area contributed by atoms with Gasteiger partial charge in [-0.05, 0) is 23.6 Å². The van der Waals surface area contributed by atoms with E-state index in [1.54, 1.807) is 17.7 Å². The fourth-order valence-corrected chi connectivity index (χ4v) is 3.20. The zero-order valence-corrected chi connectivity index (χ0v) is 13.6. The number of furan rings is 1. The molecule has 0 aliphatic heterocycles. The molecule has 0 fully saturated rings. The number of nitriles is 1. The third kappa shape index (κ3) is 3.71. The average Bonchev–Trinajstić information content (AvgIpc) is 3.28. The second kappa shape index (κ2) is 7.59. The number of hydrogen-bond donors (Lipinski definition) is 2. The first-order chi connectivity index (χ1) is 11.8. The van der Waals surface area contributed by atoms with Crippen LogP contribution >= 0.6 is 11.3 Å². The molecule has 5 nitrogen and oxygen atoms in total. The van der Waals surface area contributed by atoms with Gasteiger partial charge in [-0.1, -0.05) is 30.3 Å². The van der Waals surface area contributed by atoms with Crippen LogP contribution < -0.4 is 10.6 Å². The molecule has 0 aliphatic carbocycles. The maximum absolute atomic E-state index is 12.2. The Balaban J connectivity index is 1.68. The molecular weight excluding hydrogens is 322 g/mol. The summed E-state index contributed by atoms with van der Waals surface area (Å²) in [6.45, 7) is 0.225. The van der Waals surface area contributed by atoms with E-state index in [0.29, 0.717) is 10.6 Å². The van der Waals surface area contributed by atoms with Crippen molar-refractivity contribution in [3.8, 4) is 6.07 Å². The molecular formula is C18H16N3O2S+. The minimum Gasteiger partial charge on any atom is -0.463 e. The lowest BCUT2D eigenvalue weighted by molar-refractivity contribution is -0.678. The number of nitrogens with zero attached hydrogens (tertiary/aromatic N) is 1. The number of rotatable bonds is 6. The molecule has 3 rings (SSSR count). The Morgan fingerprint density at radius 1 is 1.25 bits per heavy atom. The Morgan fingerprint density at radius 2 is 2.08 bits per heavy atom. The molecule has 120 valence electrons. The second-order valence-corrected chi connectivity index (χ2v) is 6.08. The molecule has 1 atom stereocenters. The maximum Gasteiger partial charge on any atom is 0.280 e. The third-order valence-corrected chi connectivity index (χ3v) is 4.42. The highest BCUT2D eigenvalue weighted by molar-refractivity contribution is 7.14. The van der Waals surface area contributed by atoms with Crippen molar-refractivity contribution in [1.82, 2.24) is 0 Å². The molecule has 3 aromatic rings. The van der Waals surface area contributed by atoms with Crippen molar-refractivity contribution < 1.29 is 14.5 Å². The summed E-state index contributed by atoms with van der Waals surface area (Å²) >= 11 is 1.34. The van der Waals surface area contributed by atoms with Gasteiger partial charge < -0.3 is 15.1 Å². The Kier molecular flexibility index (Phi) is 5.06. The molecule has 1 amide bonds. The molecule has 0 bridgehead atoms. The summed E-state index contributed by atoms with van der Waals surface area (Å²) in [6, 6.07) is 17.3. The van der Waals surface area contributed by atoms with Gasteiger partial charge in [-0.25, -0.2) is 0 Å². The molecule has 3 N–H and O–H groups in total. The summed E-state index contributed by atoms with van der Waals surface area (Å²) in [7, 11) is 0. The number of thiophene rings is 1. The fourth-order valence-electron chi connectivity index (χ4n) is 2.44. The zero-order valence-electron chi connectivity index (χ0n) is 12.8. The smallest absolute Gasteiger partial charge is 0.280 e. The van der Waals surface area contributed by atoms with E-state index < -0.39 is 0 Å². The van der Waals surface area contributed by atoms with Gasteiger partial charge in [0.05, 0.1) is 11.8 Å². The highest BCUT2D eigenvalue weighted by Gasteiger charge is 2.21. The number of nitrogens with one attached hydrogen (secondary N) is 1. The Bertz CT molecular complexity index is 835. The van der Waals surface area contributed by atoms with Gasteiger partial charge in [0.1, 0.15) is 11.1 Å². The molecule has 6 heteroatoms. The number of carbonyl (C=O) groups excluding carboxylic acids is 1. The highest BCUT2D eigenvalue weighted by Crippen LogP contribution is 2.22. The van der Waals surface area contributed by atoms with E-state index in [4.69, 9.17) is 9.68 Å². The normalized spacial score (nSPS) is 11.6. The Labute approximate surface area is 143 Å². The molecule has 0 saturated heterocycles. The lowest BCUT2D eigenvalue weighted by Crippen LogP contribution is -2.87. The van der Waals surface area contributed by atoms with Gasteiger partial charge in [0.25, 0.3) is 5.91 Å². The van der Waals surface area contributed by atoms with E-state index in [2.05, 4.69) is 11.4 Å². The van der Waals surface area contributed by atoms with E-state index in [-0.39, 0.29) is 18.5 Å². The van der Waals surface area contributed by atoms with E-state index in [0.717, 1.165) is 11.3 Å². The van der Waals surface area contributed by atoms with Crippen LogP contribution in [0.1, 0.15) is 22.9 Å². The van der Waals surface area contributed by atoms with Crippen LogP contribution in [-0.2, 0) is 4.79 Å². The molecule has 2 aromatic heterocycles. The topological polar surface area (TPSA) is 82.6 Å². The zero-order chi connectivity index (χ0) is 16.8. The van der Waals surface area contributed by atoms with Crippen molar-refractivity contribution in [2.75, 3.05) is 11.9 Å². The second-order valence-electron chi connectivity index (χ2n) is 5.17. The van der Waals surface area contributed by atoms with E-state index in [1.165, 1.54) is 11.3 Å². The number of quaternary nitrogens is 1. The molecule has 0 aliphatic rings. The van der Waals surface area contributed by atoms with Crippen LogP contribution in [0, 0.1) is 11.3 Å². The third-order valence-electron chi connectivity index (χ3n) is 3.59. The van der Waals surface area contributed by atoms with E-state index >= 15 is 0 Å². The van der Waals surface area contributed by atoms with Gasteiger partial charge in [-0.2, -0.15) is 5.26 Å². The van der Waals surface area contributed by atoms with Gasteiger partial charge in [-0.15, -0.1) is 11.3 Å². The van der Waals surface area contributed by atoms with Crippen LogP contribution in [0.5, 0.6) is 0 Å². The highest BCUT2D eigenvalue weighted by atomic mass is 32.1. The summed E-state index contributed by atoms with van der Waals surface area (Å²) in [5.74, 6) is 0.643. The number of nitrogens with two attached hydrogens (primary N) is 1. The first-order valence-electron chi connectivity index (χ1n) is 7.47. The summed E-state index contributed by atoms with van der Waals surface area (Å²) in [5.41, 5.74) is 1.55. The maximum atomic E-state index is 12.2. The number of amides is 1. The lowest BCUT2D eigenvalue weighted by atomic mass is 10.0. The van der Waals surface area contributed by atoms with E-state index in [9.17, 15) is 4.79 Å². The van der Waals surface area contributed by atoms with Crippen LogP contribution in [0.4, 0.5) is 5.00 Å². The van der Waals surface area contributed by atoms with Crippen LogP contribution in [-0.4, -0.2) is 12.5 Å². The summed E-state index contributed by atoms with van der Waals surface area (Å²) in [5, 5.41) is 16.1. The predicted octanol–water partition coefficient (Wildman–Crippen LogP) is 2.50. The van der Waals surface area contributed by atoms with Gasteiger partial charge >= 0.3 is 0 Å². The molecule has 0 radical (unpaired) electrons. The summed E-state index contributed by atoms with van der Waals surface area (Å²) in [4.78, 5) is 12.2. The SMILES string of the molecule is N#Cc1ccsc1NC(=O)C[NH2+][C@@H](c1ccccc1)c1ccco1. The molecule has 1 aromatic carbocycles. The van der Waals surface area contributed by atoms with Crippen molar-refractivity contribution in [2.45, 2.75) is 6.04 Å². The average molecular weight is 338 g/mol. The Morgan fingerprint density at radius 3 is 2.79 bits per heavy atom. The standard InChI is InChI=1S/C18H15N3O2S/c19-11-14-8-10-24-18(14)21-16(22)12-20-17(15-7-4-9-23-15)13-5-2-1-3-6-13/h1-10,17,20H,12H2,(H,21,22)/p+1/t17-/m0/s1. The van der Waals surface area contributed by atoms with Crippen molar-refractivity contribution in [3.05, 3.63) is 77.1 Å². The molecule has 2 heterocycles. The molecule has 0 unspecified atom stereocenters. The molecule has 24 heavy (non-hydrogen) atoms. The quantitative estimate of drug-likeness (QED) is 0.724. The monoisotopic (exact) mass is 338 g/mol. The van der Waals surface area contributed by atoms with Crippen molar-refractivity contribution >= 4 is 22.2 Å². The summed E-state index contributed by atoms with van der Waals surface area (Å²) in [6.07, 6.45) is 1.63. The van der Waals surface area contributed by atoms with Gasteiger partial charge in [0.2, 0.25) is 0 Å². The Hall–Kier alpha value is -2.88. The fraction of sp³-hybridized carbons (Fsp3) is 0.111. The van der Waals surface area contributed by atoms with Crippen molar-refractivity contribution in [1.29, 1.82) is 5.26 Å². The first-order valence-corrected chi connectivity index (χ1v) is 8.35. The van der Waals surface area contributed by atoms with Crippen LogP contribution in [0.2, 0.25) is 0 Å². The summed E-state index contributed by atoms with van der Waals surface area (Å²) < 4.78 is 5.52. The van der Waals surface area contributed by atoms with Crippen molar-refractivity contribution in [2.24, 2.45) is 0 Å². The van der Waals surface area contributed by atoms with Gasteiger partial charge in [0.15, 0.2) is 18.3 Å². The minimum atomic E-state index is -0.151. The molecule has 0 saturated carbocycles. The number of benzene rings is 1. The van der Waals surface area contributed by atoms with E-state index in [1.807, 2.05) is 47.8 Å². The number of anilines is 1. The number of carbonyl (C=O) groups is 1. The van der Waals surface area contributed by atoms with Crippen molar-refractivity contribution in [3.63, 3.8) is 0 Å². The van der Waals surface area contributed by atoms with Crippen LogP contribution in [0.15, 0.2) is 64.6 Å². The van der Waals surface area contributed by atoms with Crippen LogP contribution in [0.3, 0.4) is 0 Å². The first kappa shape index (κ1) is 16.0. The van der Waals surface area contributed by atoms with Gasteiger partial charge in [0, 0.05) is 5.56 Å². The molecule has 0 spiro atoms. The largest absolute Gasteiger partial charge is 0.463 e. The van der Waals surface area contributed by atoms with Gasteiger partial charge in [-0.3, -0.25) is 4.79 Å². The van der Waals surface area contributed by atoms with Crippen LogP contribution in [0.25, 0.3) is 0 Å². The predicted molar refractivity (Wildman–Crippen MR) is 91.4 cm³/mol. The number of hydrogen-bond acceptors (Lipinski definition) is 4. The minimum absolute atomic E-state index is 0.0919.